The minimum Gasteiger partial charge on any atom is -0.494 e. The Balaban J connectivity index is 2.15. The Morgan fingerprint density at radius 3 is 2.53 bits per heavy atom. The fourth-order valence-electron chi connectivity index (χ4n) is 1.69. The van der Waals surface area contributed by atoms with E-state index in [9.17, 15) is 0 Å². The fourth-order valence-corrected chi connectivity index (χ4v) is 2.72. The van der Waals surface area contributed by atoms with E-state index < -0.39 is 0 Å². The number of nitrogens with two attached hydrogens (primary N) is 1. The average Bonchev–Trinajstić information content (AvgIpc) is 2.80. The quantitative estimate of drug-likeness (QED) is 0.879. The topological polar surface area (TPSA) is 35.2 Å². The van der Waals surface area contributed by atoms with E-state index in [-0.39, 0.29) is 0 Å². The first kappa shape index (κ1) is 12.1. The van der Waals surface area contributed by atoms with Crippen molar-refractivity contribution in [3.8, 4) is 16.2 Å². The van der Waals surface area contributed by atoms with Gasteiger partial charge in [-0.3, -0.25) is 0 Å². The molecule has 90 valence electrons. The molecule has 17 heavy (non-hydrogen) atoms. The third-order valence-electron chi connectivity index (χ3n) is 2.50. The number of benzene rings is 1. The first-order valence-electron chi connectivity index (χ1n) is 5.85. The smallest absolute Gasteiger partial charge is 0.119 e. The van der Waals surface area contributed by atoms with Crippen molar-refractivity contribution in [3.05, 3.63) is 41.3 Å². The summed E-state index contributed by atoms with van der Waals surface area (Å²) < 4.78 is 5.43. The van der Waals surface area contributed by atoms with E-state index >= 15 is 0 Å². The van der Waals surface area contributed by atoms with Gasteiger partial charge in [-0.05, 0) is 61.9 Å². The van der Waals surface area contributed by atoms with Crippen molar-refractivity contribution in [3.63, 3.8) is 0 Å². The highest BCUT2D eigenvalue weighted by Gasteiger charge is 2.02. The maximum absolute atomic E-state index is 5.55. The summed E-state index contributed by atoms with van der Waals surface area (Å²) in [7, 11) is 0. The molecule has 1 aromatic carbocycles. The summed E-state index contributed by atoms with van der Waals surface area (Å²) in [6.07, 6.45) is 0.960. The second-order valence-corrected chi connectivity index (χ2v) is 4.93. The molecule has 2 N–H and O–H groups in total. The zero-order valence-corrected chi connectivity index (χ0v) is 10.8. The first-order chi connectivity index (χ1) is 8.33. The van der Waals surface area contributed by atoms with Gasteiger partial charge in [-0.2, -0.15) is 0 Å². The number of thiophene rings is 1. The molecule has 0 radical (unpaired) electrons. The molecule has 3 heteroatoms. The SMILES string of the molecule is CCOc1ccc(-c2ccc(CCN)s2)cc1. The van der Waals surface area contributed by atoms with Gasteiger partial charge in [0.1, 0.15) is 5.75 Å². The van der Waals surface area contributed by atoms with Crippen LogP contribution in [-0.2, 0) is 6.42 Å². The van der Waals surface area contributed by atoms with Crippen LogP contribution in [0.25, 0.3) is 10.4 Å². The van der Waals surface area contributed by atoms with Crippen LogP contribution in [0.2, 0.25) is 0 Å². The Bertz CT molecular complexity index is 461. The van der Waals surface area contributed by atoms with Crippen molar-refractivity contribution in [1.82, 2.24) is 0 Å². The number of ether oxygens (including phenoxy) is 1. The lowest BCUT2D eigenvalue weighted by atomic mass is 10.2. The van der Waals surface area contributed by atoms with Gasteiger partial charge in [0.25, 0.3) is 0 Å². The van der Waals surface area contributed by atoms with Crippen LogP contribution in [-0.4, -0.2) is 13.2 Å². The Kier molecular flexibility index (Phi) is 4.18. The van der Waals surface area contributed by atoms with Gasteiger partial charge in [0, 0.05) is 9.75 Å². The molecule has 2 rings (SSSR count). The van der Waals surface area contributed by atoms with E-state index in [1.54, 1.807) is 0 Å². The summed E-state index contributed by atoms with van der Waals surface area (Å²) in [5.74, 6) is 0.926. The molecule has 1 aromatic heterocycles. The summed E-state index contributed by atoms with van der Waals surface area (Å²) in [5, 5.41) is 0. The summed E-state index contributed by atoms with van der Waals surface area (Å²) in [4.78, 5) is 2.63. The Morgan fingerprint density at radius 1 is 1.12 bits per heavy atom. The summed E-state index contributed by atoms with van der Waals surface area (Å²) >= 11 is 1.81. The maximum Gasteiger partial charge on any atom is 0.119 e. The molecule has 0 bridgehead atoms. The Hall–Kier alpha value is -1.32. The maximum atomic E-state index is 5.55. The van der Waals surface area contributed by atoms with Crippen LogP contribution < -0.4 is 10.5 Å². The molecule has 0 unspecified atom stereocenters. The summed E-state index contributed by atoms with van der Waals surface area (Å²) in [6, 6.07) is 12.5. The molecule has 2 nitrogen and oxygen atoms in total. The monoisotopic (exact) mass is 247 g/mol. The Morgan fingerprint density at radius 2 is 1.88 bits per heavy atom. The van der Waals surface area contributed by atoms with E-state index in [1.807, 2.05) is 30.4 Å². The summed E-state index contributed by atoms with van der Waals surface area (Å²) in [5.41, 5.74) is 6.79. The molecule has 0 aliphatic rings. The van der Waals surface area contributed by atoms with Gasteiger partial charge in [-0.15, -0.1) is 11.3 Å². The lowest BCUT2D eigenvalue weighted by molar-refractivity contribution is 0.340. The van der Waals surface area contributed by atoms with Crippen molar-refractivity contribution >= 4 is 11.3 Å². The van der Waals surface area contributed by atoms with Crippen LogP contribution in [0.5, 0.6) is 5.75 Å². The van der Waals surface area contributed by atoms with Crippen LogP contribution in [0.1, 0.15) is 11.8 Å². The third-order valence-corrected chi connectivity index (χ3v) is 3.70. The molecule has 2 aromatic rings. The normalized spacial score (nSPS) is 10.5. The lowest BCUT2D eigenvalue weighted by Crippen LogP contribution is -2.00. The van der Waals surface area contributed by atoms with Crippen molar-refractivity contribution < 1.29 is 4.74 Å². The molecule has 0 aliphatic carbocycles. The zero-order chi connectivity index (χ0) is 12.1. The molecule has 1 heterocycles. The molecular weight excluding hydrogens is 230 g/mol. The Labute approximate surface area is 106 Å². The van der Waals surface area contributed by atoms with Gasteiger partial charge >= 0.3 is 0 Å². The lowest BCUT2D eigenvalue weighted by Gasteiger charge is -2.03. The van der Waals surface area contributed by atoms with Crippen molar-refractivity contribution in [2.45, 2.75) is 13.3 Å². The van der Waals surface area contributed by atoms with E-state index in [1.165, 1.54) is 15.3 Å². The van der Waals surface area contributed by atoms with Crippen LogP contribution in [0.4, 0.5) is 0 Å². The minimum atomic E-state index is 0.707. The van der Waals surface area contributed by atoms with E-state index in [0.29, 0.717) is 13.2 Å². The first-order valence-corrected chi connectivity index (χ1v) is 6.67. The molecule has 0 aliphatic heterocycles. The van der Waals surface area contributed by atoms with Gasteiger partial charge in [0.05, 0.1) is 6.61 Å². The van der Waals surface area contributed by atoms with Crippen molar-refractivity contribution in [1.29, 1.82) is 0 Å². The molecule has 0 saturated carbocycles. The molecular formula is C14H17NOS. The van der Waals surface area contributed by atoms with E-state index in [2.05, 4.69) is 24.3 Å². The predicted molar refractivity (Wildman–Crippen MR) is 73.7 cm³/mol. The van der Waals surface area contributed by atoms with Gasteiger partial charge in [0.2, 0.25) is 0 Å². The highest BCUT2D eigenvalue weighted by atomic mass is 32.1. The standard InChI is InChI=1S/C14H17NOS/c1-2-16-12-5-3-11(4-6-12)14-8-7-13(17-14)9-10-15/h3-8H,2,9-10,15H2,1H3. The highest BCUT2D eigenvalue weighted by molar-refractivity contribution is 7.15. The van der Waals surface area contributed by atoms with Crippen LogP contribution in [0.15, 0.2) is 36.4 Å². The molecule has 0 spiro atoms. The van der Waals surface area contributed by atoms with Crippen LogP contribution in [0.3, 0.4) is 0 Å². The average molecular weight is 247 g/mol. The second-order valence-electron chi connectivity index (χ2n) is 3.76. The zero-order valence-electron chi connectivity index (χ0n) is 9.98. The largest absolute Gasteiger partial charge is 0.494 e. The van der Waals surface area contributed by atoms with Gasteiger partial charge in [-0.1, -0.05) is 0 Å². The number of rotatable bonds is 5. The van der Waals surface area contributed by atoms with Gasteiger partial charge in [-0.25, -0.2) is 0 Å². The minimum absolute atomic E-state index is 0.707. The fraction of sp³-hybridized carbons (Fsp3) is 0.286. The van der Waals surface area contributed by atoms with Gasteiger partial charge < -0.3 is 10.5 Å². The molecule has 0 saturated heterocycles. The molecule has 0 fully saturated rings. The van der Waals surface area contributed by atoms with Gasteiger partial charge in [0.15, 0.2) is 0 Å². The number of hydrogen-bond donors (Lipinski definition) is 1. The predicted octanol–water partition coefficient (Wildman–Crippen LogP) is 3.32. The number of hydrogen-bond acceptors (Lipinski definition) is 3. The van der Waals surface area contributed by atoms with Crippen LogP contribution >= 0.6 is 11.3 Å². The van der Waals surface area contributed by atoms with Crippen molar-refractivity contribution in [2.24, 2.45) is 5.73 Å². The molecule has 0 atom stereocenters. The molecule has 0 amide bonds. The van der Waals surface area contributed by atoms with E-state index in [0.717, 1.165) is 12.2 Å². The van der Waals surface area contributed by atoms with E-state index in [4.69, 9.17) is 10.5 Å². The second kappa shape index (κ2) is 5.84. The highest BCUT2D eigenvalue weighted by Crippen LogP contribution is 2.29. The summed E-state index contributed by atoms with van der Waals surface area (Å²) in [6.45, 7) is 3.41. The third kappa shape index (κ3) is 3.08. The van der Waals surface area contributed by atoms with Crippen molar-refractivity contribution in [2.75, 3.05) is 13.2 Å². The van der Waals surface area contributed by atoms with Crippen LogP contribution in [0, 0.1) is 0 Å².